The topological polar surface area (TPSA) is 35.6 Å². The summed E-state index contributed by atoms with van der Waals surface area (Å²) in [7, 11) is 0. The molecule has 1 spiro atoms. The molecule has 3 aliphatic rings. The van der Waals surface area contributed by atoms with Crippen molar-refractivity contribution in [1.29, 1.82) is 0 Å². The number of piperidine rings is 1. The molecule has 1 aromatic carbocycles. The first-order valence-electron chi connectivity index (χ1n) is 10.8. The second-order valence-corrected chi connectivity index (χ2v) is 9.52. The van der Waals surface area contributed by atoms with Crippen molar-refractivity contribution in [3.05, 3.63) is 30.3 Å². The summed E-state index contributed by atoms with van der Waals surface area (Å²) in [6.07, 6.45) is 7.17. The van der Waals surface area contributed by atoms with Gasteiger partial charge in [0.25, 0.3) is 0 Å². The summed E-state index contributed by atoms with van der Waals surface area (Å²) in [5.41, 5.74) is 1.12. The number of carbonyl (C=O) groups is 1. The van der Waals surface area contributed by atoms with Crippen LogP contribution in [0.1, 0.15) is 59.3 Å². The van der Waals surface area contributed by atoms with E-state index in [0.29, 0.717) is 12.2 Å². The van der Waals surface area contributed by atoms with Gasteiger partial charge in [-0.25, -0.2) is 0 Å². The van der Waals surface area contributed by atoms with E-state index in [-0.39, 0.29) is 23.9 Å². The average molecular weight is 406 g/mol. The van der Waals surface area contributed by atoms with Crippen molar-refractivity contribution in [2.24, 2.45) is 11.8 Å². The normalized spacial score (nSPS) is 30.4. The van der Waals surface area contributed by atoms with Crippen LogP contribution in [0, 0.1) is 11.8 Å². The van der Waals surface area contributed by atoms with Crippen LogP contribution in [0.5, 0.6) is 0 Å². The van der Waals surface area contributed by atoms with Crippen molar-refractivity contribution in [3.63, 3.8) is 0 Å². The highest BCUT2D eigenvalue weighted by Gasteiger charge is 2.52. The Morgan fingerprint density at radius 3 is 2.21 bits per heavy atom. The molecule has 0 bridgehead atoms. The number of para-hydroxylation sites is 1. The van der Waals surface area contributed by atoms with Crippen LogP contribution in [-0.4, -0.2) is 41.6 Å². The highest BCUT2D eigenvalue weighted by atomic mass is 35.5. The molecule has 5 heteroatoms. The fraction of sp³-hybridized carbons (Fsp3) is 0.696. The summed E-state index contributed by atoms with van der Waals surface area (Å²) in [4.78, 5) is 17.9. The van der Waals surface area contributed by atoms with Crippen molar-refractivity contribution in [2.45, 2.75) is 70.4 Å². The lowest BCUT2D eigenvalue weighted by molar-refractivity contribution is -0.126. The molecule has 2 heterocycles. The molecule has 4 rings (SSSR count). The summed E-state index contributed by atoms with van der Waals surface area (Å²) in [6.45, 7) is 9.89. The summed E-state index contributed by atoms with van der Waals surface area (Å²) < 4.78 is 0. The first-order valence-corrected chi connectivity index (χ1v) is 10.8. The van der Waals surface area contributed by atoms with E-state index >= 15 is 0 Å². The van der Waals surface area contributed by atoms with E-state index in [9.17, 15) is 4.79 Å². The fourth-order valence-corrected chi connectivity index (χ4v) is 5.69. The monoisotopic (exact) mass is 405 g/mol. The SMILES string of the molecule is CC(C)C1CCC(C)(N2CCC3(CC2)C(=O)NCN3c2ccccc2)CC1.Cl. The third kappa shape index (κ3) is 3.66. The largest absolute Gasteiger partial charge is 0.339 e. The summed E-state index contributed by atoms with van der Waals surface area (Å²) in [6, 6.07) is 10.4. The van der Waals surface area contributed by atoms with Gasteiger partial charge in [0.1, 0.15) is 5.54 Å². The smallest absolute Gasteiger partial charge is 0.247 e. The molecule has 0 aromatic heterocycles. The lowest BCUT2D eigenvalue weighted by Gasteiger charge is -2.52. The minimum Gasteiger partial charge on any atom is -0.339 e. The summed E-state index contributed by atoms with van der Waals surface area (Å²) >= 11 is 0. The Labute approximate surface area is 176 Å². The van der Waals surface area contributed by atoms with Crippen LogP contribution in [-0.2, 0) is 4.79 Å². The first-order chi connectivity index (χ1) is 12.9. The molecule has 1 aliphatic carbocycles. The maximum Gasteiger partial charge on any atom is 0.247 e. The lowest BCUT2D eigenvalue weighted by Crippen LogP contribution is -2.61. The van der Waals surface area contributed by atoms with Crippen molar-refractivity contribution in [1.82, 2.24) is 10.2 Å². The van der Waals surface area contributed by atoms with Gasteiger partial charge in [-0.15, -0.1) is 12.4 Å². The van der Waals surface area contributed by atoms with E-state index < -0.39 is 0 Å². The van der Waals surface area contributed by atoms with Crippen molar-refractivity contribution in [2.75, 3.05) is 24.7 Å². The summed E-state index contributed by atoms with van der Waals surface area (Å²) in [5.74, 6) is 1.92. The van der Waals surface area contributed by atoms with Crippen LogP contribution in [0.15, 0.2) is 30.3 Å². The highest BCUT2D eigenvalue weighted by molar-refractivity contribution is 5.93. The molecule has 3 fully saturated rings. The molecule has 156 valence electrons. The second-order valence-electron chi connectivity index (χ2n) is 9.52. The van der Waals surface area contributed by atoms with Gasteiger partial charge >= 0.3 is 0 Å². The number of benzene rings is 1. The molecule has 0 unspecified atom stereocenters. The number of carbonyl (C=O) groups excluding carboxylic acids is 1. The number of halogens is 1. The second kappa shape index (κ2) is 8.23. The number of anilines is 1. The number of nitrogens with one attached hydrogen (secondary N) is 1. The molecular formula is C23H36ClN3O. The predicted molar refractivity (Wildman–Crippen MR) is 118 cm³/mol. The zero-order chi connectivity index (χ0) is 19.1. The van der Waals surface area contributed by atoms with Crippen LogP contribution in [0.25, 0.3) is 0 Å². The standard InChI is InChI=1S/C23H35N3O.ClH/c1-18(2)19-9-11-22(3,12-10-19)25-15-13-23(14-16-25)21(27)24-17-26(23)20-7-5-4-6-8-20;/h4-8,18-19H,9-17H2,1-3H3,(H,24,27);1H. The van der Waals surface area contributed by atoms with Gasteiger partial charge in [-0.3, -0.25) is 9.69 Å². The molecular weight excluding hydrogens is 370 g/mol. The van der Waals surface area contributed by atoms with Crippen LogP contribution in [0.2, 0.25) is 0 Å². The van der Waals surface area contributed by atoms with E-state index in [1.807, 2.05) is 6.07 Å². The zero-order valence-electron chi connectivity index (χ0n) is 17.6. The fourth-order valence-electron chi connectivity index (χ4n) is 5.69. The summed E-state index contributed by atoms with van der Waals surface area (Å²) in [5, 5.41) is 3.12. The zero-order valence-corrected chi connectivity index (χ0v) is 18.4. The van der Waals surface area contributed by atoms with Crippen LogP contribution in [0.4, 0.5) is 5.69 Å². The van der Waals surface area contributed by atoms with E-state index in [1.165, 1.54) is 25.7 Å². The number of rotatable bonds is 3. The molecule has 1 N–H and O–H groups in total. The Hall–Kier alpha value is -1.26. The maximum atomic E-state index is 12.8. The Morgan fingerprint density at radius 1 is 1.04 bits per heavy atom. The highest BCUT2D eigenvalue weighted by Crippen LogP contribution is 2.43. The van der Waals surface area contributed by atoms with Crippen LogP contribution >= 0.6 is 12.4 Å². The van der Waals surface area contributed by atoms with Crippen LogP contribution in [0.3, 0.4) is 0 Å². The van der Waals surface area contributed by atoms with Crippen molar-refractivity contribution in [3.8, 4) is 0 Å². The minimum absolute atomic E-state index is 0. The Bertz CT molecular complexity index is 662. The predicted octanol–water partition coefficient (Wildman–Crippen LogP) is 4.44. The Kier molecular flexibility index (Phi) is 6.31. The van der Waals surface area contributed by atoms with E-state index in [2.05, 4.69) is 60.2 Å². The number of nitrogens with zero attached hydrogens (tertiary/aromatic N) is 2. The number of hydrogen-bond acceptors (Lipinski definition) is 3. The molecule has 0 atom stereocenters. The molecule has 1 aromatic rings. The maximum absolute atomic E-state index is 12.8. The third-order valence-corrected chi connectivity index (χ3v) is 7.81. The van der Waals surface area contributed by atoms with Gasteiger partial charge in [0, 0.05) is 24.3 Å². The van der Waals surface area contributed by atoms with E-state index in [4.69, 9.17) is 0 Å². The molecule has 4 nitrogen and oxygen atoms in total. The molecule has 2 aliphatic heterocycles. The van der Waals surface area contributed by atoms with Gasteiger partial charge in [0.05, 0.1) is 6.67 Å². The molecule has 1 amide bonds. The van der Waals surface area contributed by atoms with Gasteiger partial charge < -0.3 is 10.2 Å². The first kappa shape index (κ1) is 21.4. The van der Waals surface area contributed by atoms with Gasteiger partial charge in [0.2, 0.25) is 5.91 Å². The molecule has 28 heavy (non-hydrogen) atoms. The van der Waals surface area contributed by atoms with Crippen LogP contribution < -0.4 is 10.2 Å². The Balaban J connectivity index is 0.00000225. The number of hydrogen-bond donors (Lipinski definition) is 1. The van der Waals surface area contributed by atoms with E-state index in [1.54, 1.807) is 0 Å². The average Bonchev–Trinajstić information content (AvgIpc) is 2.99. The van der Waals surface area contributed by atoms with Crippen molar-refractivity contribution >= 4 is 24.0 Å². The van der Waals surface area contributed by atoms with Gasteiger partial charge in [-0.2, -0.15) is 0 Å². The lowest BCUT2D eigenvalue weighted by atomic mass is 9.72. The van der Waals surface area contributed by atoms with E-state index in [0.717, 1.165) is 43.5 Å². The Morgan fingerprint density at radius 2 is 1.64 bits per heavy atom. The van der Waals surface area contributed by atoms with Gasteiger partial charge in [0.15, 0.2) is 0 Å². The quantitative estimate of drug-likeness (QED) is 0.807. The van der Waals surface area contributed by atoms with Gasteiger partial charge in [-0.05, 0) is 69.4 Å². The van der Waals surface area contributed by atoms with Crippen molar-refractivity contribution < 1.29 is 4.79 Å². The molecule has 2 saturated heterocycles. The molecule has 0 radical (unpaired) electrons. The van der Waals surface area contributed by atoms with Gasteiger partial charge in [-0.1, -0.05) is 32.0 Å². The number of likely N-dealkylation sites (tertiary alicyclic amines) is 1. The molecule has 1 saturated carbocycles. The third-order valence-electron chi connectivity index (χ3n) is 7.81. The number of amides is 1. The minimum atomic E-state index is -0.358.